The number of benzene rings is 2. The molecule has 0 radical (unpaired) electrons. The van der Waals surface area contributed by atoms with Gasteiger partial charge in [-0.15, -0.1) is 0 Å². The molecule has 6 unspecified atom stereocenters. The molecule has 1 heterocycles. The van der Waals surface area contributed by atoms with Crippen LogP contribution in [0.15, 0.2) is 48.5 Å². The zero-order chi connectivity index (χ0) is 27.9. The van der Waals surface area contributed by atoms with Crippen LogP contribution in [0.5, 0.6) is 0 Å². The predicted molar refractivity (Wildman–Crippen MR) is 163 cm³/mol. The first kappa shape index (κ1) is 26.7. The van der Waals surface area contributed by atoms with Gasteiger partial charge < -0.3 is 9.05 Å². The van der Waals surface area contributed by atoms with Gasteiger partial charge in [-0.1, -0.05) is 111 Å². The highest BCUT2D eigenvalue weighted by Crippen LogP contribution is 2.82. The summed E-state index contributed by atoms with van der Waals surface area (Å²) in [7, 11) is -1.25. The Morgan fingerprint density at radius 3 is 1.36 bits per heavy atom. The van der Waals surface area contributed by atoms with Crippen molar-refractivity contribution in [2.75, 3.05) is 0 Å². The lowest BCUT2D eigenvalue weighted by molar-refractivity contribution is -0.162. The first-order chi connectivity index (χ1) is 18.1. The molecule has 3 heteroatoms. The Kier molecular flexibility index (Phi) is 5.33. The maximum absolute atomic E-state index is 7.97. The van der Waals surface area contributed by atoms with Crippen molar-refractivity contribution >= 4 is 8.38 Å². The van der Waals surface area contributed by atoms with Gasteiger partial charge in [0.1, 0.15) is 11.2 Å². The van der Waals surface area contributed by atoms with Crippen LogP contribution < -0.4 is 0 Å². The maximum Gasteiger partial charge on any atom is 0.178 e. The summed E-state index contributed by atoms with van der Waals surface area (Å²) in [6, 6.07) is 18.6. The topological polar surface area (TPSA) is 18.5 Å². The second-order valence-corrected chi connectivity index (χ2v) is 18.7. The van der Waals surface area contributed by atoms with E-state index in [1.165, 1.54) is 60.8 Å². The fourth-order valence-corrected chi connectivity index (χ4v) is 13.2. The van der Waals surface area contributed by atoms with Crippen LogP contribution in [0, 0.1) is 33.5 Å². The van der Waals surface area contributed by atoms with Crippen molar-refractivity contribution in [2.24, 2.45) is 33.5 Å². The summed E-state index contributed by atoms with van der Waals surface area (Å²) in [5.41, 5.74) is 4.89. The number of fused-ring (bicyclic) bond motifs is 11. The van der Waals surface area contributed by atoms with Gasteiger partial charge in [0, 0.05) is 26.8 Å². The lowest BCUT2D eigenvalue weighted by Gasteiger charge is -2.59. The van der Waals surface area contributed by atoms with Crippen LogP contribution in [0.2, 0.25) is 0 Å². The fourth-order valence-electron chi connectivity index (χ4n) is 11.0. The van der Waals surface area contributed by atoms with Gasteiger partial charge in [0.25, 0.3) is 0 Å². The molecule has 0 amide bonds. The molecule has 1 aliphatic heterocycles. The van der Waals surface area contributed by atoms with E-state index >= 15 is 0 Å². The largest absolute Gasteiger partial charge is 0.321 e. The molecule has 4 bridgehead atoms. The summed E-state index contributed by atoms with van der Waals surface area (Å²) in [6.45, 7) is 22.2. The van der Waals surface area contributed by atoms with E-state index in [4.69, 9.17) is 9.05 Å². The van der Waals surface area contributed by atoms with E-state index < -0.39 is 19.6 Å². The van der Waals surface area contributed by atoms with Crippen molar-refractivity contribution in [3.05, 3.63) is 59.7 Å². The molecular weight excluding hydrogens is 495 g/mol. The first-order valence-corrected chi connectivity index (χ1v) is 16.7. The minimum atomic E-state index is -1.25. The summed E-state index contributed by atoms with van der Waals surface area (Å²) >= 11 is 0. The third-order valence-electron chi connectivity index (χ3n) is 12.9. The Hall–Kier alpha value is -1.21. The summed E-state index contributed by atoms with van der Waals surface area (Å²) in [5.74, 6) is 1.32. The number of hydrogen-bond donors (Lipinski definition) is 0. The van der Waals surface area contributed by atoms with Crippen molar-refractivity contribution in [3.8, 4) is 11.1 Å². The van der Waals surface area contributed by atoms with Gasteiger partial charge in [-0.3, -0.25) is 0 Å². The molecule has 2 aromatic carbocycles. The zero-order valence-corrected chi connectivity index (χ0v) is 26.7. The third kappa shape index (κ3) is 2.95. The molecule has 5 aliphatic rings. The molecule has 2 aromatic rings. The van der Waals surface area contributed by atoms with Crippen molar-refractivity contribution < 1.29 is 9.05 Å². The van der Waals surface area contributed by atoms with E-state index in [0.29, 0.717) is 11.8 Å². The predicted octanol–water partition coefficient (Wildman–Crippen LogP) is 10.6. The number of hydrogen-bond acceptors (Lipinski definition) is 2. The average Bonchev–Trinajstić information content (AvgIpc) is 3.55. The molecule has 7 rings (SSSR count). The zero-order valence-electron chi connectivity index (χ0n) is 25.8. The van der Waals surface area contributed by atoms with E-state index in [9.17, 15) is 0 Å². The van der Waals surface area contributed by atoms with E-state index in [1.807, 2.05) is 0 Å². The van der Waals surface area contributed by atoms with Crippen LogP contribution in [0.25, 0.3) is 11.1 Å². The van der Waals surface area contributed by atoms with E-state index in [0.717, 1.165) is 0 Å². The van der Waals surface area contributed by atoms with Crippen molar-refractivity contribution in [3.63, 3.8) is 0 Å². The Bertz CT molecular complexity index is 1230. The van der Waals surface area contributed by atoms with Gasteiger partial charge in [-0.25, -0.2) is 0 Å². The Morgan fingerprint density at radius 1 is 0.641 bits per heavy atom. The summed E-state index contributed by atoms with van der Waals surface area (Å²) in [6.07, 6.45) is 7.53. The van der Waals surface area contributed by atoms with Gasteiger partial charge in [0.2, 0.25) is 0 Å². The lowest BCUT2D eigenvalue weighted by atomic mass is 9.55. The SMILES string of the molecule is CC(C)(C)P1OC2(c3ccccc3-c3ccccc3C3(O1)C1(C)CCC(C1)C3(C)C)C1(C)CCC(C1)C2(C)C. The molecule has 2 spiro atoms. The smallest absolute Gasteiger partial charge is 0.178 e. The average molecular weight is 545 g/mol. The molecule has 4 saturated carbocycles. The number of rotatable bonds is 0. The minimum absolute atomic E-state index is 0.00580. The van der Waals surface area contributed by atoms with Gasteiger partial charge in [0.05, 0.1) is 0 Å². The highest BCUT2D eigenvalue weighted by Gasteiger charge is 2.75. The monoisotopic (exact) mass is 544 g/mol. The van der Waals surface area contributed by atoms with Crippen LogP contribution in [0.1, 0.15) is 112 Å². The van der Waals surface area contributed by atoms with Crippen molar-refractivity contribution in [1.29, 1.82) is 0 Å². The third-order valence-corrected chi connectivity index (χ3v) is 14.9. The Labute approximate surface area is 238 Å². The van der Waals surface area contributed by atoms with Crippen molar-refractivity contribution in [2.45, 2.75) is 117 Å². The molecule has 4 fully saturated rings. The van der Waals surface area contributed by atoms with E-state index in [2.05, 4.69) is 111 Å². The van der Waals surface area contributed by atoms with Gasteiger partial charge in [0.15, 0.2) is 8.38 Å². The molecule has 0 N–H and O–H groups in total. The van der Waals surface area contributed by atoms with E-state index in [-0.39, 0.29) is 26.8 Å². The quantitative estimate of drug-likeness (QED) is 0.307. The Morgan fingerprint density at radius 2 is 1.03 bits per heavy atom. The van der Waals surface area contributed by atoms with Crippen LogP contribution in [0.3, 0.4) is 0 Å². The van der Waals surface area contributed by atoms with Crippen LogP contribution in [-0.2, 0) is 20.2 Å². The maximum atomic E-state index is 7.97. The molecule has 4 aliphatic carbocycles. The van der Waals surface area contributed by atoms with Gasteiger partial charge in [-0.2, -0.15) is 0 Å². The normalized spacial score (nSPS) is 43.3. The van der Waals surface area contributed by atoms with Crippen LogP contribution in [-0.4, -0.2) is 5.16 Å². The van der Waals surface area contributed by atoms with Crippen molar-refractivity contribution in [1.82, 2.24) is 0 Å². The van der Waals surface area contributed by atoms with E-state index in [1.54, 1.807) is 0 Å². The summed E-state index contributed by atoms with van der Waals surface area (Å²) in [4.78, 5) is 0. The molecular formula is C36H49O2P. The van der Waals surface area contributed by atoms with Gasteiger partial charge >= 0.3 is 0 Å². The standard InChI is InChI=1S/C36H49O2P/c1-30(2,3)39-37-35(31(4,5)24-18-20-33(35,8)22-24)28-16-12-10-14-26(28)27-15-11-13-17-29(27)36(38-39)32(6,7)25-19-21-34(36,9)23-25/h10-17,24-25H,18-23H2,1-9H3. The lowest BCUT2D eigenvalue weighted by Crippen LogP contribution is -2.55. The molecule has 39 heavy (non-hydrogen) atoms. The highest BCUT2D eigenvalue weighted by atomic mass is 31.2. The molecule has 210 valence electrons. The molecule has 0 aromatic heterocycles. The minimum Gasteiger partial charge on any atom is -0.321 e. The summed E-state index contributed by atoms with van der Waals surface area (Å²) in [5, 5.41) is -0.119. The Balaban J connectivity index is 1.61. The molecule has 2 nitrogen and oxygen atoms in total. The second-order valence-electron chi connectivity index (χ2n) is 16.5. The van der Waals surface area contributed by atoms with Crippen LogP contribution >= 0.6 is 8.38 Å². The second kappa shape index (κ2) is 7.79. The van der Waals surface area contributed by atoms with Crippen LogP contribution in [0.4, 0.5) is 0 Å². The molecule has 0 saturated heterocycles. The van der Waals surface area contributed by atoms with Gasteiger partial charge in [-0.05, 0) is 72.6 Å². The first-order valence-electron chi connectivity index (χ1n) is 15.5. The molecule has 6 atom stereocenters. The fraction of sp³-hybridized carbons (Fsp3) is 0.667. The highest BCUT2D eigenvalue weighted by molar-refractivity contribution is 7.49. The summed E-state index contributed by atoms with van der Waals surface area (Å²) < 4.78 is 15.9.